The number of nitrogens with one attached hydrogen (secondary N) is 2. The first-order chi connectivity index (χ1) is 14.3. The van der Waals surface area contributed by atoms with Crippen molar-refractivity contribution >= 4 is 17.8 Å². The molecule has 3 atom stereocenters. The zero-order valence-electron chi connectivity index (χ0n) is 17.7. The predicted octanol–water partition coefficient (Wildman–Crippen LogP) is 2.88. The third-order valence-electron chi connectivity index (χ3n) is 5.08. The van der Waals surface area contributed by atoms with Crippen molar-refractivity contribution < 1.29 is 19.5 Å². The molecule has 2 amide bonds. The maximum atomic E-state index is 12.7. The van der Waals surface area contributed by atoms with E-state index in [0.29, 0.717) is 6.42 Å². The molecule has 0 bridgehead atoms. The highest BCUT2D eigenvalue weighted by Crippen LogP contribution is 2.12. The summed E-state index contributed by atoms with van der Waals surface area (Å²) >= 11 is 0. The van der Waals surface area contributed by atoms with E-state index in [1.165, 1.54) is 6.92 Å². The van der Waals surface area contributed by atoms with Gasteiger partial charge in [-0.3, -0.25) is 14.4 Å². The summed E-state index contributed by atoms with van der Waals surface area (Å²) in [6.45, 7) is 5.20. The van der Waals surface area contributed by atoms with Crippen LogP contribution in [0.4, 0.5) is 0 Å². The van der Waals surface area contributed by atoms with Gasteiger partial charge in [0.1, 0.15) is 12.1 Å². The Hall–Kier alpha value is -3.15. The van der Waals surface area contributed by atoms with Crippen LogP contribution in [0.5, 0.6) is 0 Å². The van der Waals surface area contributed by atoms with Crippen molar-refractivity contribution in [2.45, 2.75) is 52.1 Å². The second kappa shape index (κ2) is 11.1. The van der Waals surface area contributed by atoms with E-state index in [9.17, 15) is 14.4 Å². The van der Waals surface area contributed by atoms with Crippen LogP contribution in [0.1, 0.15) is 37.0 Å². The van der Waals surface area contributed by atoms with Crippen LogP contribution in [0, 0.1) is 12.8 Å². The highest BCUT2D eigenvalue weighted by atomic mass is 16.4. The molecule has 0 fully saturated rings. The predicted molar refractivity (Wildman–Crippen MR) is 116 cm³/mol. The van der Waals surface area contributed by atoms with Crippen LogP contribution in [-0.2, 0) is 27.2 Å². The lowest BCUT2D eigenvalue weighted by Crippen LogP contribution is -2.52. The SMILES string of the molecule is Cc1ccc(C[C@H](NC(=O)[C@H](C)CCc2ccccc2)C(=O)N[C@H](C)C(=O)O)cc1. The van der Waals surface area contributed by atoms with Gasteiger partial charge in [0.25, 0.3) is 0 Å². The summed E-state index contributed by atoms with van der Waals surface area (Å²) in [5.74, 6) is -2.13. The van der Waals surface area contributed by atoms with Gasteiger partial charge < -0.3 is 15.7 Å². The molecule has 6 heteroatoms. The normalized spacial score (nSPS) is 13.7. The molecule has 0 spiro atoms. The Kier molecular flexibility index (Phi) is 8.59. The van der Waals surface area contributed by atoms with Crippen molar-refractivity contribution in [2.75, 3.05) is 0 Å². The number of carboxylic acids is 1. The Balaban J connectivity index is 2.04. The smallest absolute Gasteiger partial charge is 0.325 e. The van der Waals surface area contributed by atoms with Gasteiger partial charge in [0.15, 0.2) is 0 Å². The van der Waals surface area contributed by atoms with Gasteiger partial charge in [0.2, 0.25) is 11.8 Å². The molecular weight excluding hydrogens is 380 g/mol. The maximum Gasteiger partial charge on any atom is 0.325 e. The van der Waals surface area contributed by atoms with E-state index in [4.69, 9.17) is 5.11 Å². The Morgan fingerprint density at radius 1 is 0.867 bits per heavy atom. The molecule has 0 radical (unpaired) electrons. The molecule has 30 heavy (non-hydrogen) atoms. The number of aliphatic carboxylic acids is 1. The Morgan fingerprint density at radius 3 is 2.10 bits per heavy atom. The molecule has 3 N–H and O–H groups in total. The second-order valence-corrected chi connectivity index (χ2v) is 7.74. The van der Waals surface area contributed by atoms with Crippen LogP contribution in [0.25, 0.3) is 0 Å². The summed E-state index contributed by atoms with van der Waals surface area (Å²) in [6, 6.07) is 15.7. The van der Waals surface area contributed by atoms with Gasteiger partial charge in [-0.05, 0) is 37.8 Å². The van der Waals surface area contributed by atoms with Crippen molar-refractivity contribution in [1.82, 2.24) is 10.6 Å². The fourth-order valence-electron chi connectivity index (χ4n) is 3.02. The van der Waals surface area contributed by atoms with Crippen LogP contribution < -0.4 is 10.6 Å². The molecule has 2 aromatic rings. The lowest BCUT2D eigenvalue weighted by atomic mass is 9.98. The fraction of sp³-hybridized carbons (Fsp3) is 0.375. The third kappa shape index (κ3) is 7.35. The average molecular weight is 411 g/mol. The molecule has 0 aromatic heterocycles. The van der Waals surface area contributed by atoms with Gasteiger partial charge in [-0.2, -0.15) is 0 Å². The van der Waals surface area contributed by atoms with Gasteiger partial charge in [0.05, 0.1) is 0 Å². The number of aryl methyl sites for hydroxylation is 2. The summed E-state index contributed by atoms with van der Waals surface area (Å²) in [4.78, 5) is 36.5. The summed E-state index contributed by atoms with van der Waals surface area (Å²) < 4.78 is 0. The Labute approximate surface area is 177 Å². The monoisotopic (exact) mass is 410 g/mol. The molecule has 2 aromatic carbocycles. The van der Waals surface area contributed by atoms with Crippen LogP contribution in [0.3, 0.4) is 0 Å². The standard InChI is InChI=1S/C24H30N2O4/c1-16-9-12-20(13-10-16)15-21(23(28)25-18(3)24(29)30)26-22(27)17(2)11-14-19-7-5-4-6-8-19/h4-10,12-13,17-18,21H,11,14-15H2,1-3H3,(H,25,28)(H,26,27)(H,29,30)/t17-,18-,21+/m1/s1. The van der Waals surface area contributed by atoms with Gasteiger partial charge in [-0.15, -0.1) is 0 Å². The lowest BCUT2D eigenvalue weighted by Gasteiger charge is -2.22. The zero-order chi connectivity index (χ0) is 22.1. The fourth-order valence-corrected chi connectivity index (χ4v) is 3.02. The summed E-state index contributed by atoms with van der Waals surface area (Å²) in [6.07, 6.45) is 1.70. The number of carbonyl (C=O) groups is 3. The quantitative estimate of drug-likeness (QED) is 0.561. The molecule has 160 valence electrons. The molecule has 0 aliphatic rings. The molecule has 0 saturated heterocycles. The zero-order valence-corrected chi connectivity index (χ0v) is 17.7. The lowest BCUT2D eigenvalue weighted by molar-refractivity contribution is -0.141. The van der Waals surface area contributed by atoms with Crippen molar-refractivity contribution in [3.05, 3.63) is 71.3 Å². The minimum Gasteiger partial charge on any atom is -0.480 e. The largest absolute Gasteiger partial charge is 0.480 e. The number of benzene rings is 2. The highest BCUT2D eigenvalue weighted by molar-refractivity contribution is 5.91. The maximum absolute atomic E-state index is 12.7. The van der Waals surface area contributed by atoms with Crippen molar-refractivity contribution in [3.8, 4) is 0 Å². The van der Waals surface area contributed by atoms with Crippen LogP contribution in [-0.4, -0.2) is 35.0 Å². The van der Waals surface area contributed by atoms with Gasteiger partial charge in [-0.25, -0.2) is 0 Å². The number of rotatable bonds is 10. The van der Waals surface area contributed by atoms with E-state index in [1.54, 1.807) is 0 Å². The van der Waals surface area contributed by atoms with E-state index in [-0.39, 0.29) is 18.2 Å². The Morgan fingerprint density at radius 2 is 1.50 bits per heavy atom. The van der Waals surface area contributed by atoms with Crippen LogP contribution in [0.15, 0.2) is 54.6 Å². The van der Waals surface area contributed by atoms with E-state index in [1.807, 2.05) is 68.4 Å². The second-order valence-electron chi connectivity index (χ2n) is 7.74. The highest BCUT2D eigenvalue weighted by Gasteiger charge is 2.26. The van der Waals surface area contributed by atoms with Crippen molar-refractivity contribution in [3.63, 3.8) is 0 Å². The molecule has 2 rings (SSSR count). The first-order valence-electron chi connectivity index (χ1n) is 10.2. The topological polar surface area (TPSA) is 95.5 Å². The van der Waals surface area contributed by atoms with Gasteiger partial charge in [-0.1, -0.05) is 67.1 Å². The number of hydrogen-bond acceptors (Lipinski definition) is 3. The average Bonchev–Trinajstić information content (AvgIpc) is 2.73. The minimum atomic E-state index is -1.13. The molecule has 0 aliphatic carbocycles. The number of carbonyl (C=O) groups excluding carboxylic acids is 2. The van der Waals surface area contributed by atoms with E-state index < -0.39 is 24.0 Å². The van der Waals surface area contributed by atoms with E-state index in [0.717, 1.165) is 23.1 Å². The van der Waals surface area contributed by atoms with Crippen LogP contribution in [0.2, 0.25) is 0 Å². The molecule has 0 unspecified atom stereocenters. The first-order valence-corrected chi connectivity index (χ1v) is 10.2. The van der Waals surface area contributed by atoms with Crippen molar-refractivity contribution in [2.24, 2.45) is 5.92 Å². The van der Waals surface area contributed by atoms with Gasteiger partial charge in [0, 0.05) is 12.3 Å². The first kappa shape index (κ1) is 23.1. The molecule has 6 nitrogen and oxygen atoms in total. The summed E-state index contributed by atoms with van der Waals surface area (Å²) in [5, 5.41) is 14.4. The molecule has 0 aliphatic heterocycles. The molecule has 0 heterocycles. The van der Waals surface area contributed by atoms with E-state index in [2.05, 4.69) is 10.6 Å². The molecular formula is C24H30N2O4. The van der Waals surface area contributed by atoms with Gasteiger partial charge >= 0.3 is 5.97 Å². The summed E-state index contributed by atoms with van der Waals surface area (Å²) in [7, 11) is 0. The number of carboxylic acid groups (broad SMARTS) is 1. The van der Waals surface area contributed by atoms with Crippen molar-refractivity contribution in [1.29, 1.82) is 0 Å². The van der Waals surface area contributed by atoms with E-state index >= 15 is 0 Å². The summed E-state index contributed by atoms with van der Waals surface area (Å²) in [5.41, 5.74) is 3.14. The Bertz CT molecular complexity index is 849. The van der Waals surface area contributed by atoms with Crippen LogP contribution >= 0.6 is 0 Å². The number of amides is 2. The number of hydrogen-bond donors (Lipinski definition) is 3. The third-order valence-corrected chi connectivity index (χ3v) is 5.08. The molecule has 0 saturated carbocycles. The minimum absolute atomic E-state index is 0.221.